The number of amides is 2. The van der Waals surface area contributed by atoms with Crippen LogP contribution >= 0.6 is 0 Å². The molecule has 2 rings (SSSR count). The van der Waals surface area contributed by atoms with Crippen LogP contribution in [0.4, 0.5) is 5.69 Å². The van der Waals surface area contributed by atoms with Gasteiger partial charge in [-0.1, -0.05) is 13.8 Å². The van der Waals surface area contributed by atoms with Crippen LogP contribution in [0.2, 0.25) is 0 Å². The second-order valence-corrected chi connectivity index (χ2v) is 4.59. The maximum atomic E-state index is 11.6. The van der Waals surface area contributed by atoms with Crippen molar-refractivity contribution in [2.75, 3.05) is 11.9 Å². The number of fused-ring (bicyclic) bond motifs is 1. The van der Waals surface area contributed by atoms with Crippen molar-refractivity contribution in [1.29, 1.82) is 0 Å². The Labute approximate surface area is 94.0 Å². The molecular weight excluding hydrogens is 204 g/mol. The molecule has 16 heavy (non-hydrogen) atoms. The van der Waals surface area contributed by atoms with Gasteiger partial charge in [-0.2, -0.15) is 0 Å². The van der Waals surface area contributed by atoms with Gasteiger partial charge in [0.2, 0.25) is 6.41 Å². The van der Waals surface area contributed by atoms with Gasteiger partial charge >= 0.3 is 0 Å². The molecule has 4 nitrogen and oxygen atoms in total. The Morgan fingerprint density at radius 3 is 2.88 bits per heavy atom. The minimum Gasteiger partial charge on any atom is -0.351 e. The van der Waals surface area contributed by atoms with E-state index in [0.29, 0.717) is 18.5 Å². The first-order chi connectivity index (χ1) is 7.54. The zero-order chi connectivity index (χ0) is 11.8. The van der Waals surface area contributed by atoms with Crippen LogP contribution in [-0.2, 0) is 10.2 Å². The third kappa shape index (κ3) is 1.66. The zero-order valence-corrected chi connectivity index (χ0v) is 9.33. The molecule has 0 saturated carbocycles. The summed E-state index contributed by atoms with van der Waals surface area (Å²) in [6.45, 7) is 4.75. The van der Waals surface area contributed by atoms with Crippen molar-refractivity contribution in [3.8, 4) is 0 Å². The van der Waals surface area contributed by atoms with Gasteiger partial charge in [-0.15, -0.1) is 0 Å². The number of rotatable bonds is 2. The lowest BCUT2D eigenvalue weighted by Crippen LogP contribution is -2.43. The number of carbonyl (C=O) groups is 2. The summed E-state index contributed by atoms with van der Waals surface area (Å²) in [7, 11) is 0. The molecule has 0 saturated heterocycles. The normalized spacial score (nSPS) is 17.2. The van der Waals surface area contributed by atoms with Crippen LogP contribution in [0.3, 0.4) is 0 Å². The number of hydrogen-bond donors (Lipinski definition) is 2. The van der Waals surface area contributed by atoms with Crippen molar-refractivity contribution in [3.05, 3.63) is 29.3 Å². The summed E-state index contributed by atoms with van der Waals surface area (Å²) >= 11 is 0. The van der Waals surface area contributed by atoms with E-state index in [2.05, 4.69) is 24.5 Å². The Morgan fingerprint density at radius 1 is 1.44 bits per heavy atom. The minimum atomic E-state index is -0.107. The zero-order valence-electron chi connectivity index (χ0n) is 9.33. The van der Waals surface area contributed by atoms with E-state index in [9.17, 15) is 9.59 Å². The Bertz CT molecular complexity index is 452. The highest BCUT2D eigenvalue weighted by Gasteiger charge is 2.31. The summed E-state index contributed by atoms with van der Waals surface area (Å²) in [5, 5.41) is 5.45. The molecule has 0 fully saturated rings. The SMILES string of the molecule is CC1(C)CNC(=O)c2ccc(NC=O)cc21. The van der Waals surface area contributed by atoms with Crippen molar-refractivity contribution < 1.29 is 9.59 Å². The quantitative estimate of drug-likeness (QED) is 0.734. The Hall–Kier alpha value is -1.84. The first-order valence-electron chi connectivity index (χ1n) is 5.17. The van der Waals surface area contributed by atoms with Crippen molar-refractivity contribution >= 4 is 18.0 Å². The summed E-state index contributed by atoms with van der Waals surface area (Å²) in [5.41, 5.74) is 2.27. The average Bonchev–Trinajstić information content (AvgIpc) is 2.25. The van der Waals surface area contributed by atoms with E-state index in [-0.39, 0.29) is 11.3 Å². The van der Waals surface area contributed by atoms with E-state index in [1.54, 1.807) is 12.1 Å². The van der Waals surface area contributed by atoms with Crippen LogP contribution < -0.4 is 10.6 Å². The minimum absolute atomic E-state index is 0.0491. The topological polar surface area (TPSA) is 58.2 Å². The molecule has 1 aromatic carbocycles. The molecule has 0 aliphatic carbocycles. The summed E-state index contributed by atoms with van der Waals surface area (Å²) < 4.78 is 0. The predicted octanol–water partition coefficient (Wildman–Crippen LogP) is 1.28. The number of anilines is 1. The first-order valence-corrected chi connectivity index (χ1v) is 5.17. The number of carbonyl (C=O) groups excluding carboxylic acids is 2. The molecule has 84 valence electrons. The fourth-order valence-electron chi connectivity index (χ4n) is 1.95. The van der Waals surface area contributed by atoms with E-state index in [0.717, 1.165) is 11.3 Å². The molecule has 0 aromatic heterocycles. The largest absolute Gasteiger partial charge is 0.351 e. The van der Waals surface area contributed by atoms with E-state index in [1.165, 1.54) is 0 Å². The molecule has 1 aromatic rings. The molecule has 1 aliphatic heterocycles. The first kappa shape index (κ1) is 10.7. The molecule has 0 bridgehead atoms. The molecule has 4 heteroatoms. The predicted molar refractivity (Wildman–Crippen MR) is 61.5 cm³/mol. The maximum Gasteiger partial charge on any atom is 0.251 e. The van der Waals surface area contributed by atoms with Gasteiger partial charge < -0.3 is 10.6 Å². The summed E-state index contributed by atoms with van der Waals surface area (Å²) in [6, 6.07) is 5.34. The van der Waals surface area contributed by atoms with Crippen LogP contribution in [0.25, 0.3) is 0 Å². The van der Waals surface area contributed by atoms with E-state index >= 15 is 0 Å². The lowest BCUT2D eigenvalue weighted by molar-refractivity contribution is -0.105. The molecule has 0 spiro atoms. The standard InChI is InChI=1S/C12H14N2O2/c1-12(2)6-13-11(16)9-4-3-8(14-7-15)5-10(9)12/h3-5,7H,6H2,1-2H3,(H,13,16)(H,14,15). The van der Waals surface area contributed by atoms with Crippen LogP contribution in [-0.4, -0.2) is 18.9 Å². The van der Waals surface area contributed by atoms with Gasteiger partial charge in [0.1, 0.15) is 0 Å². The van der Waals surface area contributed by atoms with Crippen molar-refractivity contribution in [2.24, 2.45) is 0 Å². The van der Waals surface area contributed by atoms with E-state index < -0.39 is 0 Å². The number of hydrogen-bond acceptors (Lipinski definition) is 2. The van der Waals surface area contributed by atoms with E-state index in [1.807, 2.05) is 6.07 Å². The molecular formula is C12H14N2O2. The van der Waals surface area contributed by atoms with Crippen molar-refractivity contribution in [3.63, 3.8) is 0 Å². The third-order valence-electron chi connectivity index (χ3n) is 2.91. The van der Waals surface area contributed by atoms with Crippen molar-refractivity contribution in [2.45, 2.75) is 19.3 Å². The van der Waals surface area contributed by atoms with E-state index in [4.69, 9.17) is 0 Å². The summed E-state index contributed by atoms with van der Waals surface area (Å²) in [4.78, 5) is 22.0. The second kappa shape index (κ2) is 3.63. The summed E-state index contributed by atoms with van der Waals surface area (Å²) in [5.74, 6) is -0.0491. The highest BCUT2D eigenvalue weighted by Crippen LogP contribution is 2.31. The Kier molecular flexibility index (Phi) is 2.42. The second-order valence-electron chi connectivity index (χ2n) is 4.59. The lowest BCUT2D eigenvalue weighted by Gasteiger charge is -2.32. The molecule has 1 heterocycles. The van der Waals surface area contributed by atoms with Gasteiger partial charge in [0.05, 0.1) is 0 Å². The van der Waals surface area contributed by atoms with Crippen molar-refractivity contribution in [1.82, 2.24) is 5.32 Å². The fraction of sp³-hybridized carbons (Fsp3) is 0.333. The number of benzene rings is 1. The highest BCUT2D eigenvalue weighted by molar-refractivity contribution is 5.98. The summed E-state index contributed by atoms with van der Waals surface area (Å²) in [6.07, 6.45) is 0.637. The van der Waals surface area contributed by atoms with Crippen LogP contribution in [0.1, 0.15) is 29.8 Å². The molecule has 1 aliphatic rings. The van der Waals surface area contributed by atoms with Gasteiger partial charge in [-0.25, -0.2) is 0 Å². The number of nitrogens with one attached hydrogen (secondary N) is 2. The van der Waals surface area contributed by atoms with Gasteiger partial charge in [-0.3, -0.25) is 9.59 Å². The van der Waals surface area contributed by atoms with Gasteiger partial charge in [0.15, 0.2) is 0 Å². The molecule has 2 N–H and O–H groups in total. The molecule has 0 radical (unpaired) electrons. The lowest BCUT2D eigenvalue weighted by atomic mass is 9.79. The van der Waals surface area contributed by atoms with Crippen LogP contribution in [0.5, 0.6) is 0 Å². The van der Waals surface area contributed by atoms with Crippen LogP contribution in [0, 0.1) is 0 Å². The van der Waals surface area contributed by atoms with Gasteiger partial charge in [0, 0.05) is 23.2 Å². The maximum absolute atomic E-state index is 11.6. The smallest absolute Gasteiger partial charge is 0.251 e. The third-order valence-corrected chi connectivity index (χ3v) is 2.91. The average molecular weight is 218 g/mol. The molecule has 2 amide bonds. The molecule has 0 atom stereocenters. The Balaban J connectivity index is 2.53. The fourth-order valence-corrected chi connectivity index (χ4v) is 1.95. The van der Waals surface area contributed by atoms with Gasteiger partial charge in [0.25, 0.3) is 5.91 Å². The monoisotopic (exact) mass is 218 g/mol. The van der Waals surface area contributed by atoms with Crippen LogP contribution in [0.15, 0.2) is 18.2 Å². The highest BCUT2D eigenvalue weighted by atomic mass is 16.1. The van der Waals surface area contributed by atoms with Gasteiger partial charge in [-0.05, 0) is 23.8 Å². The Morgan fingerprint density at radius 2 is 2.19 bits per heavy atom. The molecule has 0 unspecified atom stereocenters.